The van der Waals surface area contributed by atoms with Crippen LogP contribution in [0.25, 0.3) is 10.9 Å². The third-order valence-corrected chi connectivity index (χ3v) is 3.12. The first-order valence-electron chi connectivity index (χ1n) is 6.21. The molecule has 0 aliphatic heterocycles. The molecule has 19 heavy (non-hydrogen) atoms. The first-order chi connectivity index (χ1) is 9.34. The second kappa shape index (κ2) is 5.02. The average Bonchev–Trinajstić information content (AvgIpc) is 2.48. The molecule has 0 fully saturated rings. The topological polar surface area (TPSA) is 50.7 Å². The Labute approximate surface area is 111 Å². The van der Waals surface area contributed by atoms with E-state index in [1.807, 2.05) is 36.4 Å². The zero-order valence-electron chi connectivity index (χ0n) is 10.6. The Balaban J connectivity index is 1.94. The number of nitrogens with zero attached hydrogens (tertiary/aromatic N) is 3. The van der Waals surface area contributed by atoms with Gasteiger partial charge in [0.2, 0.25) is 0 Å². The van der Waals surface area contributed by atoms with Gasteiger partial charge >= 0.3 is 0 Å². The van der Waals surface area contributed by atoms with Crippen LogP contribution in [0.15, 0.2) is 55.0 Å². The van der Waals surface area contributed by atoms with Crippen molar-refractivity contribution in [2.24, 2.45) is 0 Å². The zero-order valence-corrected chi connectivity index (χ0v) is 10.6. The van der Waals surface area contributed by atoms with Crippen LogP contribution in [0.4, 0.5) is 5.69 Å². The van der Waals surface area contributed by atoms with Crippen molar-refractivity contribution in [3.05, 3.63) is 60.6 Å². The highest BCUT2D eigenvalue weighted by Gasteiger charge is 2.07. The van der Waals surface area contributed by atoms with Crippen molar-refractivity contribution >= 4 is 16.6 Å². The van der Waals surface area contributed by atoms with E-state index in [0.29, 0.717) is 0 Å². The van der Waals surface area contributed by atoms with E-state index < -0.39 is 0 Å². The molecular weight excluding hydrogens is 236 g/mol. The van der Waals surface area contributed by atoms with E-state index in [9.17, 15) is 0 Å². The van der Waals surface area contributed by atoms with Crippen LogP contribution in [-0.2, 0) is 0 Å². The van der Waals surface area contributed by atoms with Gasteiger partial charge in [-0.2, -0.15) is 10.2 Å². The van der Waals surface area contributed by atoms with E-state index in [1.54, 1.807) is 18.6 Å². The largest absolute Gasteiger partial charge is 0.377 e. The van der Waals surface area contributed by atoms with Crippen molar-refractivity contribution in [2.45, 2.75) is 13.0 Å². The first-order valence-corrected chi connectivity index (χ1v) is 6.21. The van der Waals surface area contributed by atoms with Gasteiger partial charge in [-0.1, -0.05) is 18.2 Å². The summed E-state index contributed by atoms with van der Waals surface area (Å²) in [6.07, 6.45) is 5.37. The van der Waals surface area contributed by atoms with Gasteiger partial charge in [-0.05, 0) is 30.7 Å². The van der Waals surface area contributed by atoms with Crippen LogP contribution in [0.5, 0.6) is 0 Å². The Morgan fingerprint density at radius 2 is 1.84 bits per heavy atom. The van der Waals surface area contributed by atoms with E-state index in [1.165, 1.54) is 5.56 Å². The average molecular weight is 250 g/mol. The van der Waals surface area contributed by atoms with Gasteiger partial charge < -0.3 is 5.32 Å². The summed E-state index contributed by atoms with van der Waals surface area (Å²) < 4.78 is 0. The number of rotatable bonds is 3. The first kappa shape index (κ1) is 11.6. The summed E-state index contributed by atoms with van der Waals surface area (Å²) in [5.74, 6) is 0. The Morgan fingerprint density at radius 1 is 1.05 bits per heavy atom. The molecule has 1 N–H and O–H groups in total. The van der Waals surface area contributed by atoms with Crippen molar-refractivity contribution in [1.29, 1.82) is 0 Å². The molecule has 3 aromatic rings. The molecule has 0 saturated heterocycles. The highest BCUT2D eigenvalue weighted by atomic mass is 15.1. The number of pyridine rings is 1. The molecule has 94 valence electrons. The highest BCUT2D eigenvalue weighted by Crippen LogP contribution is 2.24. The summed E-state index contributed by atoms with van der Waals surface area (Å²) in [5.41, 5.74) is 3.08. The maximum atomic E-state index is 4.12. The number of hydrogen-bond donors (Lipinski definition) is 1. The van der Waals surface area contributed by atoms with Crippen molar-refractivity contribution in [1.82, 2.24) is 15.2 Å². The van der Waals surface area contributed by atoms with E-state index >= 15 is 0 Å². The summed E-state index contributed by atoms with van der Waals surface area (Å²) in [4.78, 5) is 4.03. The van der Waals surface area contributed by atoms with Crippen LogP contribution in [0, 0.1) is 0 Å². The molecule has 0 radical (unpaired) electrons. The van der Waals surface area contributed by atoms with Crippen molar-refractivity contribution < 1.29 is 0 Å². The molecule has 2 aromatic heterocycles. The second-order valence-corrected chi connectivity index (χ2v) is 4.42. The van der Waals surface area contributed by atoms with Crippen LogP contribution >= 0.6 is 0 Å². The fourth-order valence-electron chi connectivity index (χ4n) is 2.09. The lowest BCUT2D eigenvalue weighted by Gasteiger charge is -2.16. The van der Waals surface area contributed by atoms with Gasteiger partial charge in [0, 0.05) is 23.8 Å². The maximum Gasteiger partial charge on any atom is 0.0950 e. The van der Waals surface area contributed by atoms with Gasteiger partial charge in [0.1, 0.15) is 0 Å². The normalized spacial score (nSPS) is 12.3. The van der Waals surface area contributed by atoms with Gasteiger partial charge in [-0.3, -0.25) is 4.98 Å². The van der Waals surface area contributed by atoms with Gasteiger partial charge in [0.25, 0.3) is 0 Å². The van der Waals surface area contributed by atoms with Crippen molar-refractivity contribution in [2.75, 3.05) is 5.32 Å². The van der Waals surface area contributed by atoms with Crippen molar-refractivity contribution in [3.8, 4) is 0 Å². The molecule has 0 spiro atoms. The fourth-order valence-corrected chi connectivity index (χ4v) is 2.09. The molecule has 4 nitrogen and oxygen atoms in total. The molecule has 4 heteroatoms. The van der Waals surface area contributed by atoms with Crippen LogP contribution < -0.4 is 5.32 Å². The molecule has 1 aromatic carbocycles. The number of hydrogen-bond acceptors (Lipinski definition) is 4. The van der Waals surface area contributed by atoms with E-state index in [0.717, 1.165) is 16.6 Å². The number of benzene rings is 1. The smallest absolute Gasteiger partial charge is 0.0950 e. The molecule has 0 aliphatic rings. The predicted octanol–water partition coefficient (Wildman–Crippen LogP) is 3.20. The van der Waals surface area contributed by atoms with E-state index in [4.69, 9.17) is 0 Å². The van der Waals surface area contributed by atoms with Gasteiger partial charge in [-0.15, -0.1) is 0 Å². The maximum absolute atomic E-state index is 4.12. The highest BCUT2D eigenvalue weighted by molar-refractivity contribution is 5.90. The molecule has 0 aliphatic carbocycles. The molecule has 1 atom stereocenters. The minimum absolute atomic E-state index is 0.190. The standard InChI is InChI=1S/C15H14N4/c1-11(12-6-8-16-9-7-12)18-15-10-17-19-14-5-3-2-4-13(14)15/h2-11H,1H3,(H,18,19). The summed E-state index contributed by atoms with van der Waals surface area (Å²) in [6, 6.07) is 12.2. The number of fused-ring (bicyclic) bond motifs is 1. The number of anilines is 1. The molecule has 0 bridgehead atoms. The fraction of sp³-hybridized carbons (Fsp3) is 0.133. The summed E-state index contributed by atoms with van der Waals surface area (Å²) in [6.45, 7) is 2.12. The number of aromatic nitrogens is 3. The lowest BCUT2D eigenvalue weighted by Crippen LogP contribution is -2.07. The van der Waals surface area contributed by atoms with Crippen molar-refractivity contribution in [3.63, 3.8) is 0 Å². The van der Waals surface area contributed by atoms with Gasteiger partial charge in [0.05, 0.1) is 17.4 Å². The lowest BCUT2D eigenvalue weighted by molar-refractivity contribution is 0.878. The summed E-state index contributed by atoms with van der Waals surface area (Å²) in [5, 5.41) is 12.7. The summed E-state index contributed by atoms with van der Waals surface area (Å²) >= 11 is 0. The molecule has 1 unspecified atom stereocenters. The molecule has 0 saturated carbocycles. The third-order valence-electron chi connectivity index (χ3n) is 3.12. The second-order valence-electron chi connectivity index (χ2n) is 4.42. The molecule has 2 heterocycles. The van der Waals surface area contributed by atoms with Crippen LogP contribution in [0.3, 0.4) is 0 Å². The summed E-state index contributed by atoms with van der Waals surface area (Å²) in [7, 11) is 0. The quantitative estimate of drug-likeness (QED) is 0.775. The van der Waals surface area contributed by atoms with Gasteiger partial charge in [-0.25, -0.2) is 0 Å². The molecule has 3 rings (SSSR count). The Bertz CT molecular complexity index is 677. The zero-order chi connectivity index (χ0) is 13.1. The van der Waals surface area contributed by atoms with Gasteiger partial charge in [0.15, 0.2) is 0 Å². The predicted molar refractivity (Wildman–Crippen MR) is 75.8 cm³/mol. The number of nitrogens with one attached hydrogen (secondary N) is 1. The lowest BCUT2D eigenvalue weighted by atomic mass is 10.1. The van der Waals surface area contributed by atoms with E-state index in [2.05, 4.69) is 27.4 Å². The minimum atomic E-state index is 0.190. The third kappa shape index (κ3) is 2.38. The Hall–Kier alpha value is -2.49. The van der Waals surface area contributed by atoms with Crippen LogP contribution in [0.1, 0.15) is 18.5 Å². The Kier molecular flexibility index (Phi) is 3.06. The minimum Gasteiger partial charge on any atom is -0.377 e. The van der Waals surface area contributed by atoms with Crippen LogP contribution in [0.2, 0.25) is 0 Å². The molecular formula is C15H14N4. The van der Waals surface area contributed by atoms with E-state index in [-0.39, 0.29) is 6.04 Å². The van der Waals surface area contributed by atoms with Crippen LogP contribution in [-0.4, -0.2) is 15.2 Å². The monoisotopic (exact) mass is 250 g/mol. The molecule has 0 amide bonds. The Morgan fingerprint density at radius 3 is 2.68 bits per heavy atom. The SMILES string of the molecule is CC(Nc1cnnc2ccccc12)c1ccncc1.